The first kappa shape index (κ1) is 12.7. The first-order chi connectivity index (χ1) is 8.53. The second-order valence-electron chi connectivity index (χ2n) is 3.61. The lowest BCUT2D eigenvalue weighted by Crippen LogP contribution is -2.42. The number of aryl methyl sites for hydroxylation is 1. The van der Waals surface area contributed by atoms with Gasteiger partial charge in [-0.15, -0.1) is 4.40 Å². The third kappa shape index (κ3) is 1.91. The summed E-state index contributed by atoms with van der Waals surface area (Å²) < 4.78 is 28.5. The minimum Gasteiger partial charge on any atom is -0.306 e. The van der Waals surface area contributed by atoms with Crippen molar-refractivity contribution in [3.63, 3.8) is 0 Å². The van der Waals surface area contributed by atoms with Crippen LogP contribution in [0.2, 0.25) is 0 Å². The highest BCUT2D eigenvalue weighted by Gasteiger charge is 2.32. The highest BCUT2D eigenvalue weighted by Crippen LogP contribution is 2.25. The van der Waals surface area contributed by atoms with Crippen molar-refractivity contribution in [3.8, 4) is 0 Å². The van der Waals surface area contributed by atoms with Crippen molar-refractivity contribution in [2.45, 2.75) is 20.3 Å². The molecule has 0 saturated heterocycles. The second-order valence-corrected chi connectivity index (χ2v) is 5.13. The third-order valence-corrected chi connectivity index (χ3v) is 3.94. The molecular formula is C9H14N6O2S. The van der Waals surface area contributed by atoms with Crippen molar-refractivity contribution in [2.75, 3.05) is 10.8 Å². The van der Waals surface area contributed by atoms with E-state index in [0.717, 1.165) is 4.31 Å². The predicted octanol–water partition coefficient (Wildman–Crippen LogP) is -0.666. The van der Waals surface area contributed by atoms with Gasteiger partial charge in [0.2, 0.25) is 0 Å². The minimum atomic E-state index is -3.80. The largest absolute Gasteiger partial charge is 0.348 e. The molecule has 98 valence electrons. The summed E-state index contributed by atoms with van der Waals surface area (Å²) in [4.78, 5) is 8.45. The lowest BCUT2D eigenvalue weighted by atomic mass is 10.3. The van der Waals surface area contributed by atoms with Crippen molar-refractivity contribution in [3.05, 3.63) is 17.6 Å². The van der Waals surface area contributed by atoms with Gasteiger partial charge in [-0.2, -0.15) is 8.42 Å². The average Bonchev–Trinajstić information content (AvgIpc) is 2.36. The smallest absolute Gasteiger partial charge is 0.306 e. The van der Waals surface area contributed by atoms with Crippen LogP contribution in [-0.4, -0.2) is 30.8 Å². The molecule has 0 radical (unpaired) electrons. The molecule has 1 aliphatic heterocycles. The number of nitrogens with one attached hydrogen (secondary N) is 1. The van der Waals surface area contributed by atoms with Crippen LogP contribution < -0.4 is 15.6 Å². The van der Waals surface area contributed by atoms with Gasteiger partial charge in [0.1, 0.15) is 0 Å². The fourth-order valence-electron chi connectivity index (χ4n) is 1.65. The molecule has 0 atom stereocenters. The molecule has 2 heterocycles. The summed E-state index contributed by atoms with van der Waals surface area (Å²) in [6.45, 7) is 3.86. The predicted molar refractivity (Wildman–Crippen MR) is 67.2 cm³/mol. The quantitative estimate of drug-likeness (QED) is 0.544. The van der Waals surface area contributed by atoms with Crippen molar-refractivity contribution in [1.29, 1.82) is 0 Å². The maximum Gasteiger partial charge on any atom is 0.348 e. The molecule has 0 amide bonds. The van der Waals surface area contributed by atoms with Gasteiger partial charge in [-0.1, -0.05) is 6.92 Å². The van der Waals surface area contributed by atoms with Crippen LogP contribution in [0.15, 0.2) is 10.6 Å². The molecule has 1 aliphatic rings. The van der Waals surface area contributed by atoms with Crippen molar-refractivity contribution >= 4 is 21.9 Å². The van der Waals surface area contributed by atoms with Crippen LogP contribution in [0.25, 0.3) is 0 Å². The molecule has 0 unspecified atom stereocenters. The number of hydrogen-bond acceptors (Lipinski definition) is 6. The number of aromatic nitrogens is 2. The van der Waals surface area contributed by atoms with Gasteiger partial charge >= 0.3 is 10.2 Å². The number of rotatable bonds is 2. The average molecular weight is 270 g/mol. The van der Waals surface area contributed by atoms with Crippen molar-refractivity contribution in [1.82, 2.24) is 15.4 Å². The molecule has 9 heteroatoms. The van der Waals surface area contributed by atoms with E-state index in [-0.39, 0.29) is 18.2 Å². The minimum absolute atomic E-state index is 0.00449. The Hall–Kier alpha value is -1.74. The molecule has 0 aliphatic carbocycles. The highest BCUT2D eigenvalue weighted by atomic mass is 32.2. The Morgan fingerprint density at radius 1 is 1.44 bits per heavy atom. The lowest BCUT2D eigenvalue weighted by molar-refractivity contribution is 0.591. The van der Waals surface area contributed by atoms with Gasteiger partial charge in [-0.3, -0.25) is 0 Å². The summed E-state index contributed by atoms with van der Waals surface area (Å²) in [7, 11) is -3.80. The number of nitrogens with two attached hydrogens (primary N) is 1. The highest BCUT2D eigenvalue weighted by molar-refractivity contribution is 7.91. The van der Waals surface area contributed by atoms with Crippen LogP contribution in [0, 0.1) is 0 Å². The molecule has 1 aromatic rings. The summed E-state index contributed by atoms with van der Waals surface area (Å²) in [6, 6.07) is 0. The Bertz CT molecular complexity index is 597. The van der Waals surface area contributed by atoms with Crippen LogP contribution in [0.3, 0.4) is 0 Å². The van der Waals surface area contributed by atoms with Crippen LogP contribution in [-0.2, 0) is 16.6 Å². The molecule has 8 nitrogen and oxygen atoms in total. The number of hydrogen-bond donors (Lipinski definition) is 2. The van der Waals surface area contributed by atoms with E-state index in [1.165, 1.54) is 0 Å². The molecule has 0 aromatic carbocycles. The van der Waals surface area contributed by atoms with E-state index in [1.807, 2.05) is 6.92 Å². The van der Waals surface area contributed by atoms with E-state index < -0.39 is 10.2 Å². The summed E-state index contributed by atoms with van der Waals surface area (Å²) in [5.74, 6) is 5.53. The molecule has 0 bridgehead atoms. The monoisotopic (exact) mass is 270 g/mol. The zero-order valence-electron chi connectivity index (χ0n) is 10.1. The van der Waals surface area contributed by atoms with Gasteiger partial charge in [0.05, 0.1) is 5.69 Å². The Morgan fingerprint density at radius 2 is 2.17 bits per heavy atom. The summed E-state index contributed by atoms with van der Waals surface area (Å²) >= 11 is 0. The van der Waals surface area contributed by atoms with E-state index in [4.69, 9.17) is 5.84 Å². The third-order valence-electron chi connectivity index (χ3n) is 2.54. The lowest BCUT2D eigenvalue weighted by Gasteiger charge is -2.25. The SMILES string of the molecule is CCc1cnc2c(n1)N(CC)S(=O)(=O)N=C2NN. The number of nitrogens with zero attached hydrogens (tertiary/aromatic N) is 4. The maximum atomic E-state index is 11.9. The molecule has 2 rings (SSSR count). The zero-order chi connectivity index (χ0) is 13.3. The molecule has 0 saturated carbocycles. The fraction of sp³-hybridized carbons (Fsp3) is 0.444. The van der Waals surface area contributed by atoms with Gasteiger partial charge in [0, 0.05) is 12.7 Å². The molecule has 0 fully saturated rings. The number of hydrazine groups is 1. The Labute approximate surface area is 105 Å². The van der Waals surface area contributed by atoms with E-state index in [1.54, 1.807) is 13.1 Å². The second kappa shape index (κ2) is 4.50. The normalized spacial score (nSPS) is 17.1. The summed E-state index contributed by atoms with van der Waals surface area (Å²) in [5, 5.41) is 0. The van der Waals surface area contributed by atoms with Crippen LogP contribution in [0.5, 0.6) is 0 Å². The summed E-state index contributed by atoms with van der Waals surface area (Å²) in [5.41, 5.74) is 3.29. The van der Waals surface area contributed by atoms with Crippen molar-refractivity contribution < 1.29 is 8.42 Å². The standard InChI is InChI=1S/C9H14N6O2S/c1-3-6-5-11-7-8(13-10)14-18(16,17)15(4-2)9(7)12-6/h5H,3-4,10H2,1-2H3,(H,13,14). The first-order valence-electron chi connectivity index (χ1n) is 5.49. The zero-order valence-corrected chi connectivity index (χ0v) is 10.9. The summed E-state index contributed by atoms with van der Waals surface area (Å²) in [6.07, 6.45) is 2.25. The maximum absolute atomic E-state index is 11.9. The first-order valence-corrected chi connectivity index (χ1v) is 6.88. The van der Waals surface area contributed by atoms with Crippen LogP contribution in [0.4, 0.5) is 5.82 Å². The number of anilines is 1. The fourth-order valence-corrected chi connectivity index (χ4v) is 2.79. The van der Waals surface area contributed by atoms with Gasteiger partial charge in [0.25, 0.3) is 0 Å². The van der Waals surface area contributed by atoms with Gasteiger partial charge in [-0.25, -0.2) is 20.1 Å². The van der Waals surface area contributed by atoms with E-state index in [2.05, 4.69) is 19.8 Å². The molecule has 1 aromatic heterocycles. The Kier molecular flexibility index (Phi) is 3.18. The molecule has 18 heavy (non-hydrogen) atoms. The van der Waals surface area contributed by atoms with Crippen LogP contribution in [0.1, 0.15) is 25.2 Å². The number of amidine groups is 1. The molecule has 3 N–H and O–H groups in total. The van der Waals surface area contributed by atoms with Gasteiger partial charge in [0.15, 0.2) is 17.3 Å². The van der Waals surface area contributed by atoms with E-state index in [0.29, 0.717) is 17.8 Å². The van der Waals surface area contributed by atoms with Crippen LogP contribution >= 0.6 is 0 Å². The molecular weight excluding hydrogens is 256 g/mol. The van der Waals surface area contributed by atoms with Gasteiger partial charge < -0.3 is 5.43 Å². The Balaban J connectivity index is 2.69. The van der Waals surface area contributed by atoms with E-state index in [9.17, 15) is 8.42 Å². The Morgan fingerprint density at radius 3 is 2.72 bits per heavy atom. The van der Waals surface area contributed by atoms with E-state index >= 15 is 0 Å². The van der Waals surface area contributed by atoms with Gasteiger partial charge in [-0.05, 0) is 13.3 Å². The topological polar surface area (TPSA) is 114 Å². The molecule has 0 spiro atoms. The van der Waals surface area contributed by atoms with Crippen molar-refractivity contribution in [2.24, 2.45) is 10.2 Å². The number of fused-ring (bicyclic) bond motifs is 1.